The largest absolute Gasteiger partial charge is 0.292 e. The number of para-hydroxylation sites is 3. The van der Waals surface area contributed by atoms with Crippen molar-refractivity contribution in [1.82, 2.24) is 9.55 Å². The second-order valence-corrected chi connectivity index (χ2v) is 6.92. The highest BCUT2D eigenvalue weighted by Gasteiger charge is 2.21. The Morgan fingerprint density at radius 1 is 0.700 bits per heavy atom. The highest BCUT2D eigenvalue weighted by atomic mass is 16.6. The van der Waals surface area contributed by atoms with Crippen molar-refractivity contribution in [2.24, 2.45) is 0 Å². The predicted octanol–water partition coefficient (Wildman–Crippen LogP) is 6.27. The zero-order valence-electron chi connectivity index (χ0n) is 16.0. The molecule has 1 heterocycles. The molecule has 4 aromatic carbocycles. The van der Waals surface area contributed by atoms with Gasteiger partial charge < -0.3 is 0 Å². The van der Waals surface area contributed by atoms with Gasteiger partial charge >= 0.3 is 0 Å². The van der Waals surface area contributed by atoms with E-state index in [1.165, 1.54) is 6.07 Å². The molecular weight excluding hydrogens is 374 g/mol. The highest BCUT2D eigenvalue weighted by molar-refractivity contribution is 5.97. The number of aromatic nitrogens is 2. The summed E-state index contributed by atoms with van der Waals surface area (Å²) < 4.78 is 2.10. The van der Waals surface area contributed by atoms with Gasteiger partial charge in [-0.1, -0.05) is 72.8 Å². The summed E-state index contributed by atoms with van der Waals surface area (Å²) in [6, 6.07) is 32.6. The molecule has 0 bridgehead atoms. The number of nitro groups is 1. The molecule has 5 aromatic rings. The summed E-state index contributed by atoms with van der Waals surface area (Å²) in [7, 11) is 0. The lowest BCUT2D eigenvalue weighted by molar-refractivity contribution is -0.384. The number of rotatable bonds is 4. The molecule has 0 radical (unpaired) electrons. The summed E-state index contributed by atoms with van der Waals surface area (Å²) in [5.74, 6) is 0.794. The fourth-order valence-electron chi connectivity index (χ4n) is 3.80. The van der Waals surface area contributed by atoms with Crippen LogP contribution in [0.3, 0.4) is 0 Å². The van der Waals surface area contributed by atoms with Gasteiger partial charge in [-0.05, 0) is 24.3 Å². The van der Waals surface area contributed by atoms with E-state index in [-0.39, 0.29) is 10.6 Å². The number of imidazole rings is 1. The molecule has 0 spiro atoms. The van der Waals surface area contributed by atoms with Crippen molar-refractivity contribution in [2.75, 3.05) is 0 Å². The van der Waals surface area contributed by atoms with E-state index in [2.05, 4.69) is 4.57 Å². The van der Waals surface area contributed by atoms with Gasteiger partial charge in [-0.25, -0.2) is 4.98 Å². The van der Waals surface area contributed by atoms with E-state index in [9.17, 15) is 10.1 Å². The van der Waals surface area contributed by atoms with Crippen molar-refractivity contribution >= 4 is 16.7 Å². The molecule has 0 aliphatic rings. The van der Waals surface area contributed by atoms with Crippen LogP contribution in [0.4, 0.5) is 5.69 Å². The summed E-state index contributed by atoms with van der Waals surface area (Å²) >= 11 is 0. The molecule has 0 saturated carbocycles. The Morgan fingerprint density at radius 2 is 1.33 bits per heavy atom. The van der Waals surface area contributed by atoms with Crippen molar-refractivity contribution in [1.29, 1.82) is 0 Å². The minimum atomic E-state index is -0.347. The minimum absolute atomic E-state index is 0.0699. The Labute approximate surface area is 173 Å². The molecule has 144 valence electrons. The molecule has 5 rings (SSSR count). The monoisotopic (exact) mass is 391 g/mol. The molecule has 5 nitrogen and oxygen atoms in total. The fourth-order valence-corrected chi connectivity index (χ4v) is 3.80. The Morgan fingerprint density at radius 3 is 2.07 bits per heavy atom. The molecule has 30 heavy (non-hydrogen) atoms. The first kappa shape index (κ1) is 17.8. The first-order valence-electron chi connectivity index (χ1n) is 9.60. The zero-order chi connectivity index (χ0) is 20.5. The van der Waals surface area contributed by atoms with Crippen LogP contribution >= 0.6 is 0 Å². The third-order valence-electron chi connectivity index (χ3n) is 5.12. The van der Waals surface area contributed by atoms with E-state index in [0.717, 1.165) is 33.7 Å². The third-order valence-corrected chi connectivity index (χ3v) is 5.12. The van der Waals surface area contributed by atoms with Crippen LogP contribution in [-0.2, 0) is 0 Å². The Hall–Kier alpha value is -4.25. The number of nitrogens with zero attached hydrogens (tertiary/aromatic N) is 3. The molecule has 1 aromatic heterocycles. The minimum Gasteiger partial charge on any atom is -0.292 e. The molecule has 0 amide bonds. The normalized spacial score (nSPS) is 10.9. The quantitative estimate of drug-likeness (QED) is 0.268. The summed E-state index contributed by atoms with van der Waals surface area (Å²) in [6.07, 6.45) is 0. The summed E-state index contributed by atoms with van der Waals surface area (Å²) in [4.78, 5) is 16.3. The second-order valence-electron chi connectivity index (χ2n) is 6.92. The maximum Gasteiger partial charge on any atom is 0.277 e. The van der Waals surface area contributed by atoms with E-state index in [1.54, 1.807) is 12.1 Å². The Balaban J connectivity index is 1.86. The SMILES string of the molecule is O=[N+]([O-])c1ccccc1-c1cccc2c1nc(-c1ccccc1)n2-c1ccccc1. The Kier molecular flexibility index (Phi) is 4.33. The molecule has 5 heteroatoms. The summed E-state index contributed by atoms with van der Waals surface area (Å²) in [5, 5.41) is 11.6. The van der Waals surface area contributed by atoms with Gasteiger partial charge in [0.05, 0.1) is 21.5 Å². The summed E-state index contributed by atoms with van der Waals surface area (Å²) in [5.41, 5.74) is 4.97. The zero-order valence-corrected chi connectivity index (χ0v) is 16.0. The Bertz CT molecular complexity index is 1360. The van der Waals surface area contributed by atoms with Crippen LogP contribution in [0.1, 0.15) is 0 Å². The van der Waals surface area contributed by atoms with Gasteiger partial charge in [0.2, 0.25) is 0 Å². The maximum atomic E-state index is 11.6. The van der Waals surface area contributed by atoms with Gasteiger partial charge in [-0.15, -0.1) is 0 Å². The van der Waals surface area contributed by atoms with Crippen LogP contribution in [0.5, 0.6) is 0 Å². The molecule has 0 aliphatic heterocycles. The van der Waals surface area contributed by atoms with Crippen molar-refractivity contribution in [3.8, 4) is 28.2 Å². The number of nitro benzene ring substituents is 1. The van der Waals surface area contributed by atoms with Crippen LogP contribution in [-0.4, -0.2) is 14.5 Å². The number of fused-ring (bicyclic) bond motifs is 1. The molecule has 0 atom stereocenters. The first-order chi connectivity index (χ1) is 14.7. The van der Waals surface area contributed by atoms with Crippen molar-refractivity contribution in [3.63, 3.8) is 0 Å². The average molecular weight is 391 g/mol. The topological polar surface area (TPSA) is 61.0 Å². The lowest BCUT2D eigenvalue weighted by Crippen LogP contribution is -1.97. The molecule has 0 unspecified atom stereocenters. The van der Waals surface area contributed by atoms with Crippen molar-refractivity contribution in [3.05, 3.63) is 113 Å². The number of benzene rings is 4. The summed E-state index contributed by atoms with van der Waals surface area (Å²) in [6.45, 7) is 0. The maximum absolute atomic E-state index is 11.6. The van der Waals surface area contributed by atoms with Gasteiger partial charge in [-0.2, -0.15) is 0 Å². The first-order valence-corrected chi connectivity index (χ1v) is 9.60. The molecule has 0 aliphatic carbocycles. The van der Waals surface area contributed by atoms with E-state index in [1.807, 2.05) is 84.9 Å². The van der Waals surface area contributed by atoms with Gasteiger partial charge in [-0.3, -0.25) is 14.7 Å². The average Bonchev–Trinajstić information content (AvgIpc) is 3.20. The van der Waals surface area contributed by atoms with Crippen LogP contribution in [0.25, 0.3) is 39.2 Å². The third kappa shape index (κ3) is 2.93. The van der Waals surface area contributed by atoms with E-state index in [0.29, 0.717) is 5.56 Å². The van der Waals surface area contributed by atoms with E-state index >= 15 is 0 Å². The van der Waals surface area contributed by atoms with Crippen LogP contribution in [0.15, 0.2) is 103 Å². The lowest BCUT2D eigenvalue weighted by atomic mass is 10.0. The highest BCUT2D eigenvalue weighted by Crippen LogP contribution is 2.37. The van der Waals surface area contributed by atoms with E-state index in [4.69, 9.17) is 4.98 Å². The number of hydrogen-bond acceptors (Lipinski definition) is 3. The van der Waals surface area contributed by atoms with Crippen molar-refractivity contribution < 1.29 is 4.92 Å². The molecule has 0 saturated heterocycles. The van der Waals surface area contributed by atoms with Gasteiger partial charge in [0.15, 0.2) is 0 Å². The van der Waals surface area contributed by atoms with Gasteiger partial charge in [0, 0.05) is 22.9 Å². The molecule has 0 N–H and O–H groups in total. The van der Waals surface area contributed by atoms with Gasteiger partial charge in [0.1, 0.15) is 5.82 Å². The van der Waals surface area contributed by atoms with Crippen molar-refractivity contribution in [2.45, 2.75) is 0 Å². The number of hydrogen-bond donors (Lipinski definition) is 0. The molecule has 0 fully saturated rings. The van der Waals surface area contributed by atoms with Crippen LogP contribution < -0.4 is 0 Å². The predicted molar refractivity (Wildman–Crippen MR) is 119 cm³/mol. The van der Waals surface area contributed by atoms with Crippen LogP contribution in [0, 0.1) is 10.1 Å². The fraction of sp³-hybridized carbons (Fsp3) is 0. The van der Waals surface area contributed by atoms with Crippen LogP contribution in [0.2, 0.25) is 0 Å². The smallest absolute Gasteiger partial charge is 0.277 e. The van der Waals surface area contributed by atoms with E-state index < -0.39 is 0 Å². The standard InChI is InChI=1S/C25H17N3O2/c29-28(30)22-16-8-7-14-20(22)21-15-9-17-23-24(21)26-25(18-10-3-1-4-11-18)27(23)19-12-5-2-6-13-19/h1-17H. The second kappa shape index (κ2) is 7.29. The van der Waals surface area contributed by atoms with Gasteiger partial charge in [0.25, 0.3) is 5.69 Å². The molecular formula is C25H17N3O2. The lowest BCUT2D eigenvalue weighted by Gasteiger charge is -2.09.